The minimum Gasteiger partial charge on any atom is -0.454 e. The van der Waals surface area contributed by atoms with Crippen molar-refractivity contribution in [1.29, 1.82) is 0 Å². The van der Waals surface area contributed by atoms with Gasteiger partial charge in [-0.3, -0.25) is 4.79 Å². The number of carbonyl (C=O) groups is 1. The van der Waals surface area contributed by atoms with E-state index in [-0.39, 0.29) is 24.4 Å². The third-order valence-corrected chi connectivity index (χ3v) is 4.56. The van der Waals surface area contributed by atoms with E-state index in [1.807, 2.05) is 0 Å². The third-order valence-electron chi connectivity index (χ3n) is 4.56. The van der Waals surface area contributed by atoms with Crippen molar-refractivity contribution in [2.24, 2.45) is 0 Å². The SMILES string of the molecule is O=C(Nc1ccc2c(c1)OCO2)c1ccccc1-c1nc(-c2ccc(F)cc2)no1. The lowest BCUT2D eigenvalue weighted by Gasteiger charge is -2.08. The number of rotatable bonds is 4. The fourth-order valence-electron chi connectivity index (χ4n) is 3.09. The molecule has 2 heterocycles. The average molecular weight is 403 g/mol. The number of nitrogens with zero attached hydrogens (tertiary/aromatic N) is 2. The van der Waals surface area contributed by atoms with Gasteiger partial charge in [-0.15, -0.1) is 0 Å². The topological polar surface area (TPSA) is 86.5 Å². The Balaban J connectivity index is 1.43. The van der Waals surface area contributed by atoms with Gasteiger partial charge in [0.25, 0.3) is 11.8 Å². The van der Waals surface area contributed by atoms with Crippen molar-refractivity contribution < 1.29 is 23.2 Å². The maximum atomic E-state index is 13.1. The second-order valence-electron chi connectivity index (χ2n) is 6.50. The molecule has 0 bridgehead atoms. The fraction of sp³-hybridized carbons (Fsp3) is 0.0455. The first-order valence-corrected chi connectivity index (χ1v) is 9.07. The molecular formula is C22H14FN3O4. The number of ether oxygens (including phenoxy) is 2. The molecule has 148 valence electrons. The van der Waals surface area contributed by atoms with Crippen molar-refractivity contribution in [1.82, 2.24) is 10.1 Å². The first-order chi connectivity index (χ1) is 14.7. The Kier molecular flexibility index (Phi) is 4.36. The predicted octanol–water partition coefficient (Wildman–Crippen LogP) is 4.52. The largest absolute Gasteiger partial charge is 0.454 e. The van der Waals surface area contributed by atoms with E-state index in [1.165, 1.54) is 12.1 Å². The van der Waals surface area contributed by atoms with E-state index < -0.39 is 0 Å². The summed E-state index contributed by atoms with van der Waals surface area (Å²) in [5, 5.41) is 6.78. The van der Waals surface area contributed by atoms with Crippen LogP contribution in [0, 0.1) is 5.82 Å². The van der Waals surface area contributed by atoms with Gasteiger partial charge >= 0.3 is 0 Å². The van der Waals surface area contributed by atoms with Gasteiger partial charge in [-0.2, -0.15) is 4.98 Å². The van der Waals surface area contributed by atoms with Gasteiger partial charge in [-0.25, -0.2) is 4.39 Å². The lowest BCUT2D eigenvalue weighted by Crippen LogP contribution is -2.13. The average Bonchev–Trinajstić information content (AvgIpc) is 3.44. The Morgan fingerprint density at radius 2 is 1.77 bits per heavy atom. The van der Waals surface area contributed by atoms with E-state index in [9.17, 15) is 9.18 Å². The number of nitrogens with one attached hydrogen (secondary N) is 1. The molecule has 5 rings (SSSR count). The third kappa shape index (κ3) is 3.35. The summed E-state index contributed by atoms with van der Waals surface area (Å²) >= 11 is 0. The second-order valence-corrected chi connectivity index (χ2v) is 6.50. The highest BCUT2D eigenvalue weighted by molar-refractivity contribution is 6.08. The van der Waals surface area contributed by atoms with Crippen molar-refractivity contribution >= 4 is 11.6 Å². The summed E-state index contributed by atoms with van der Waals surface area (Å²) in [5.74, 6) is 0.996. The number of halogens is 1. The number of benzene rings is 3. The van der Waals surface area contributed by atoms with E-state index >= 15 is 0 Å². The predicted molar refractivity (Wildman–Crippen MR) is 106 cm³/mol. The molecule has 0 radical (unpaired) electrons. The van der Waals surface area contributed by atoms with Gasteiger partial charge in [0.05, 0.1) is 11.1 Å². The zero-order valence-electron chi connectivity index (χ0n) is 15.5. The molecule has 7 nitrogen and oxygen atoms in total. The molecule has 1 aromatic heterocycles. The van der Waals surface area contributed by atoms with Crippen molar-refractivity contribution in [3.63, 3.8) is 0 Å². The van der Waals surface area contributed by atoms with Gasteiger partial charge in [0.1, 0.15) is 5.82 Å². The van der Waals surface area contributed by atoms with Crippen LogP contribution in [0.4, 0.5) is 10.1 Å². The monoisotopic (exact) mass is 403 g/mol. The zero-order chi connectivity index (χ0) is 20.5. The first-order valence-electron chi connectivity index (χ1n) is 9.07. The normalized spacial score (nSPS) is 12.0. The highest BCUT2D eigenvalue weighted by atomic mass is 19.1. The quantitative estimate of drug-likeness (QED) is 0.539. The first kappa shape index (κ1) is 17.9. The molecule has 1 N–H and O–H groups in total. The highest BCUT2D eigenvalue weighted by Gasteiger charge is 2.19. The molecule has 1 aliphatic rings. The molecule has 3 aromatic carbocycles. The summed E-state index contributed by atoms with van der Waals surface area (Å²) in [6, 6.07) is 17.8. The van der Waals surface area contributed by atoms with Crippen LogP contribution in [0.5, 0.6) is 11.5 Å². The molecule has 0 fully saturated rings. The minimum atomic E-state index is -0.354. The van der Waals surface area contributed by atoms with Crippen LogP contribution in [0.2, 0.25) is 0 Å². The van der Waals surface area contributed by atoms with Crippen LogP contribution in [0.3, 0.4) is 0 Å². The molecule has 1 amide bonds. The molecule has 0 saturated carbocycles. The molecule has 30 heavy (non-hydrogen) atoms. The summed E-state index contributed by atoms with van der Waals surface area (Å²) in [6.07, 6.45) is 0. The molecule has 0 aliphatic carbocycles. The number of aromatic nitrogens is 2. The van der Waals surface area contributed by atoms with Gasteiger partial charge < -0.3 is 19.3 Å². The number of hydrogen-bond donors (Lipinski definition) is 1. The van der Waals surface area contributed by atoms with Gasteiger partial charge in [0.2, 0.25) is 12.6 Å². The summed E-state index contributed by atoms with van der Waals surface area (Å²) in [4.78, 5) is 17.3. The van der Waals surface area contributed by atoms with Crippen LogP contribution >= 0.6 is 0 Å². The minimum absolute atomic E-state index is 0.156. The zero-order valence-corrected chi connectivity index (χ0v) is 15.5. The van der Waals surface area contributed by atoms with Crippen LogP contribution in [-0.4, -0.2) is 22.8 Å². The van der Waals surface area contributed by atoms with E-state index in [0.717, 1.165) is 0 Å². The Hall–Kier alpha value is -4.20. The molecular weight excluding hydrogens is 389 g/mol. The molecule has 0 unspecified atom stereocenters. The summed E-state index contributed by atoms with van der Waals surface area (Å²) < 4.78 is 29.1. The van der Waals surface area contributed by atoms with Gasteiger partial charge in [-0.05, 0) is 48.5 Å². The van der Waals surface area contributed by atoms with Crippen molar-refractivity contribution in [2.75, 3.05) is 12.1 Å². The highest BCUT2D eigenvalue weighted by Crippen LogP contribution is 2.34. The number of hydrogen-bond acceptors (Lipinski definition) is 6. The standard InChI is InChI=1S/C22H14FN3O4/c23-14-7-5-13(6-8-14)20-25-22(30-26-20)17-4-2-1-3-16(17)21(27)24-15-9-10-18-19(11-15)29-12-28-18/h1-11H,12H2,(H,24,27). The molecule has 1 aliphatic heterocycles. The fourth-order valence-corrected chi connectivity index (χ4v) is 3.09. The molecule has 0 spiro atoms. The van der Waals surface area contributed by atoms with Crippen LogP contribution in [0.25, 0.3) is 22.8 Å². The van der Waals surface area contributed by atoms with Crippen LogP contribution < -0.4 is 14.8 Å². The van der Waals surface area contributed by atoms with Crippen molar-refractivity contribution in [2.45, 2.75) is 0 Å². The smallest absolute Gasteiger partial charge is 0.259 e. The Morgan fingerprint density at radius 3 is 2.63 bits per heavy atom. The molecule has 4 aromatic rings. The Morgan fingerprint density at radius 1 is 0.967 bits per heavy atom. The number of fused-ring (bicyclic) bond motifs is 1. The van der Waals surface area contributed by atoms with E-state index in [1.54, 1.807) is 54.6 Å². The molecule has 8 heteroatoms. The van der Waals surface area contributed by atoms with Crippen LogP contribution in [0.1, 0.15) is 10.4 Å². The van der Waals surface area contributed by atoms with E-state index in [0.29, 0.717) is 39.7 Å². The Labute approximate surface area is 170 Å². The number of carbonyl (C=O) groups excluding carboxylic acids is 1. The molecule has 0 atom stereocenters. The summed E-state index contributed by atoms with van der Waals surface area (Å²) in [6.45, 7) is 0.156. The lowest BCUT2D eigenvalue weighted by molar-refractivity contribution is 0.102. The van der Waals surface area contributed by atoms with Crippen molar-refractivity contribution in [3.05, 3.63) is 78.1 Å². The van der Waals surface area contributed by atoms with E-state index in [2.05, 4.69) is 15.5 Å². The lowest BCUT2D eigenvalue weighted by atomic mass is 10.1. The summed E-state index contributed by atoms with van der Waals surface area (Å²) in [5.41, 5.74) is 2.02. The second kappa shape index (κ2) is 7.32. The maximum absolute atomic E-state index is 13.1. The number of anilines is 1. The maximum Gasteiger partial charge on any atom is 0.259 e. The van der Waals surface area contributed by atoms with Gasteiger partial charge in [0, 0.05) is 17.3 Å². The number of amides is 1. The van der Waals surface area contributed by atoms with Crippen molar-refractivity contribution in [3.8, 4) is 34.3 Å². The van der Waals surface area contributed by atoms with Gasteiger partial charge in [0.15, 0.2) is 11.5 Å². The van der Waals surface area contributed by atoms with Crippen LogP contribution in [0.15, 0.2) is 71.3 Å². The summed E-state index contributed by atoms with van der Waals surface area (Å²) in [7, 11) is 0. The molecule has 0 saturated heterocycles. The van der Waals surface area contributed by atoms with Gasteiger partial charge in [-0.1, -0.05) is 17.3 Å². The van der Waals surface area contributed by atoms with Crippen LogP contribution in [-0.2, 0) is 0 Å². The Bertz CT molecular complexity index is 1240. The van der Waals surface area contributed by atoms with E-state index in [4.69, 9.17) is 14.0 Å².